The van der Waals surface area contributed by atoms with Gasteiger partial charge in [0.15, 0.2) is 0 Å². The van der Waals surface area contributed by atoms with Crippen molar-refractivity contribution in [2.24, 2.45) is 0 Å². The molecule has 2 aromatic carbocycles. The minimum absolute atomic E-state index is 0.0185. The van der Waals surface area contributed by atoms with Crippen molar-refractivity contribution in [2.75, 3.05) is 13.6 Å². The summed E-state index contributed by atoms with van der Waals surface area (Å²) in [7, 11) is 1.83. The molecule has 0 unspecified atom stereocenters. The number of benzene rings is 2. The summed E-state index contributed by atoms with van der Waals surface area (Å²) in [4.78, 5) is 13.0. The highest BCUT2D eigenvalue weighted by Gasteiger charge is 2.34. The molecule has 0 radical (unpaired) electrons. The minimum Gasteiger partial charge on any atom is -0.480 e. The van der Waals surface area contributed by atoms with Gasteiger partial charge in [0.05, 0.1) is 12.7 Å². The fourth-order valence-corrected chi connectivity index (χ4v) is 2.99. The van der Waals surface area contributed by atoms with E-state index in [1.165, 1.54) is 10.8 Å². The second kappa shape index (κ2) is 5.84. The third-order valence-corrected chi connectivity index (χ3v) is 4.15. The zero-order chi connectivity index (χ0) is 14.8. The van der Waals surface area contributed by atoms with Gasteiger partial charge >= 0.3 is 5.97 Å². The Morgan fingerprint density at radius 2 is 2.05 bits per heavy atom. The number of likely N-dealkylation sites (N-methyl/N-ethyl adjacent to an activating group) is 1. The number of rotatable bonds is 4. The molecule has 1 aliphatic heterocycles. The van der Waals surface area contributed by atoms with E-state index in [1.54, 1.807) is 0 Å². The molecule has 1 N–H and O–H groups in total. The Bertz CT molecular complexity index is 650. The van der Waals surface area contributed by atoms with Crippen molar-refractivity contribution in [2.45, 2.75) is 25.2 Å². The van der Waals surface area contributed by atoms with Gasteiger partial charge in [0.25, 0.3) is 0 Å². The molecule has 0 spiro atoms. The van der Waals surface area contributed by atoms with Crippen LogP contribution < -0.4 is 0 Å². The molecule has 4 nitrogen and oxygen atoms in total. The van der Waals surface area contributed by atoms with Crippen molar-refractivity contribution in [1.29, 1.82) is 0 Å². The van der Waals surface area contributed by atoms with Crippen LogP contribution in [0.5, 0.6) is 0 Å². The summed E-state index contributed by atoms with van der Waals surface area (Å²) >= 11 is 0. The summed E-state index contributed by atoms with van der Waals surface area (Å²) in [6.45, 7) is 1.19. The van der Waals surface area contributed by atoms with Crippen LogP contribution in [0.4, 0.5) is 0 Å². The van der Waals surface area contributed by atoms with Gasteiger partial charge in [-0.25, -0.2) is 0 Å². The van der Waals surface area contributed by atoms with Crippen LogP contribution in [0.15, 0.2) is 42.5 Å². The normalized spacial score (nSPS) is 22.7. The first-order valence-electron chi connectivity index (χ1n) is 7.16. The highest BCUT2D eigenvalue weighted by Crippen LogP contribution is 2.23. The maximum atomic E-state index is 11.1. The van der Waals surface area contributed by atoms with E-state index in [0.717, 1.165) is 5.56 Å². The summed E-state index contributed by atoms with van der Waals surface area (Å²) in [5.74, 6) is -0.770. The summed E-state index contributed by atoms with van der Waals surface area (Å²) in [6.07, 6.45) is 0.534. The summed E-state index contributed by atoms with van der Waals surface area (Å²) < 4.78 is 5.94. The lowest BCUT2D eigenvalue weighted by Gasteiger charge is -2.13. The topological polar surface area (TPSA) is 49.8 Å². The second-order valence-corrected chi connectivity index (χ2v) is 5.60. The van der Waals surface area contributed by atoms with Gasteiger partial charge in [-0.1, -0.05) is 42.5 Å². The summed E-state index contributed by atoms with van der Waals surface area (Å²) in [6, 6.07) is 14.0. The molecule has 0 saturated carbocycles. The van der Waals surface area contributed by atoms with Crippen molar-refractivity contribution in [3.8, 4) is 0 Å². The maximum absolute atomic E-state index is 11.1. The molecule has 2 atom stereocenters. The Balaban J connectivity index is 1.69. The molecule has 1 aliphatic rings. The van der Waals surface area contributed by atoms with E-state index in [9.17, 15) is 4.79 Å². The third-order valence-electron chi connectivity index (χ3n) is 4.15. The van der Waals surface area contributed by atoms with Crippen LogP contribution in [-0.4, -0.2) is 41.7 Å². The molecule has 21 heavy (non-hydrogen) atoms. The van der Waals surface area contributed by atoms with Crippen LogP contribution in [0.1, 0.15) is 12.0 Å². The van der Waals surface area contributed by atoms with Crippen LogP contribution in [0.25, 0.3) is 10.8 Å². The van der Waals surface area contributed by atoms with Crippen molar-refractivity contribution >= 4 is 16.7 Å². The van der Waals surface area contributed by atoms with Gasteiger partial charge in [-0.2, -0.15) is 0 Å². The van der Waals surface area contributed by atoms with E-state index in [1.807, 2.05) is 30.1 Å². The lowest BCUT2D eigenvalue weighted by molar-refractivity contribution is -0.141. The predicted molar refractivity (Wildman–Crippen MR) is 81.2 cm³/mol. The smallest absolute Gasteiger partial charge is 0.321 e. The highest BCUT2D eigenvalue weighted by molar-refractivity contribution is 5.85. The van der Waals surface area contributed by atoms with E-state index < -0.39 is 12.0 Å². The van der Waals surface area contributed by atoms with Gasteiger partial charge < -0.3 is 9.84 Å². The molecule has 3 rings (SSSR count). The quantitative estimate of drug-likeness (QED) is 0.937. The van der Waals surface area contributed by atoms with Crippen molar-refractivity contribution in [3.05, 3.63) is 48.0 Å². The molecule has 4 heteroatoms. The molecule has 0 bridgehead atoms. The van der Waals surface area contributed by atoms with Crippen LogP contribution in [0, 0.1) is 0 Å². The first kappa shape index (κ1) is 14.0. The number of hydrogen-bond donors (Lipinski definition) is 1. The Hall–Kier alpha value is -1.91. The van der Waals surface area contributed by atoms with E-state index in [4.69, 9.17) is 9.84 Å². The van der Waals surface area contributed by atoms with Crippen LogP contribution in [0.2, 0.25) is 0 Å². The average Bonchev–Trinajstić information content (AvgIpc) is 2.86. The van der Waals surface area contributed by atoms with Gasteiger partial charge in [0.1, 0.15) is 6.04 Å². The molecular formula is C17H19NO3. The minimum atomic E-state index is -0.770. The van der Waals surface area contributed by atoms with Crippen LogP contribution >= 0.6 is 0 Å². The number of fused-ring (bicyclic) bond motifs is 1. The molecule has 1 heterocycles. The van der Waals surface area contributed by atoms with Crippen molar-refractivity contribution < 1.29 is 14.6 Å². The number of nitrogens with zero attached hydrogens (tertiary/aromatic N) is 1. The fourth-order valence-electron chi connectivity index (χ4n) is 2.99. The van der Waals surface area contributed by atoms with Gasteiger partial charge in [-0.05, 0) is 23.4 Å². The molecule has 0 aromatic heterocycles. The maximum Gasteiger partial charge on any atom is 0.321 e. The first-order valence-corrected chi connectivity index (χ1v) is 7.16. The first-order chi connectivity index (χ1) is 10.1. The number of hydrogen-bond acceptors (Lipinski definition) is 3. The Morgan fingerprint density at radius 3 is 2.81 bits per heavy atom. The molecule has 1 saturated heterocycles. The van der Waals surface area contributed by atoms with E-state index in [2.05, 4.69) is 24.3 Å². The lowest BCUT2D eigenvalue weighted by Crippen LogP contribution is -2.32. The van der Waals surface area contributed by atoms with E-state index in [0.29, 0.717) is 19.6 Å². The number of carboxylic acid groups (broad SMARTS) is 1. The molecular weight excluding hydrogens is 266 g/mol. The summed E-state index contributed by atoms with van der Waals surface area (Å²) in [5, 5.41) is 11.5. The van der Waals surface area contributed by atoms with Gasteiger partial charge in [0, 0.05) is 13.0 Å². The molecule has 110 valence electrons. The lowest BCUT2D eigenvalue weighted by atomic mass is 10.1. The Morgan fingerprint density at radius 1 is 1.29 bits per heavy atom. The second-order valence-electron chi connectivity index (χ2n) is 5.60. The molecule has 0 amide bonds. The van der Waals surface area contributed by atoms with Crippen LogP contribution in [0.3, 0.4) is 0 Å². The largest absolute Gasteiger partial charge is 0.480 e. The number of aliphatic carboxylic acids is 1. The highest BCUT2D eigenvalue weighted by atomic mass is 16.5. The SMILES string of the molecule is CN1C[C@H](OCc2cccc3ccccc23)C[C@H]1C(=O)O. The monoisotopic (exact) mass is 285 g/mol. The molecule has 2 aromatic rings. The number of likely N-dealkylation sites (tertiary alicyclic amines) is 1. The average molecular weight is 285 g/mol. The molecule has 1 fully saturated rings. The predicted octanol–water partition coefficient (Wildman–Crippen LogP) is 2.51. The number of ether oxygens (including phenoxy) is 1. The fraction of sp³-hybridized carbons (Fsp3) is 0.353. The number of carboxylic acids is 1. The van der Waals surface area contributed by atoms with E-state index >= 15 is 0 Å². The van der Waals surface area contributed by atoms with Crippen LogP contribution in [-0.2, 0) is 16.1 Å². The third kappa shape index (κ3) is 2.91. The van der Waals surface area contributed by atoms with E-state index in [-0.39, 0.29) is 6.10 Å². The summed E-state index contributed by atoms with van der Waals surface area (Å²) in [5.41, 5.74) is 1.15. The van der Waals surface area contributed by atoms with Crippen molar-refractivity contribution in [3.63, 3.8) is 0 Å². The van der Waals surface area contributed by atoms with Gasteiger partial charge in [-0.3, -0.25) is 9.69 Å². The van der Waals surface area contributed by atoms with Crippen molar-refractivity contribution in [1.82, 2.24) is 4.90 Å². The van der Waals surface area contributed by atoms with Gasteiger partial charge in [-0.15, -0.1) is 0 Å². The molecule has 0 aliphatic carbocycles. The zero-order valence-corrected chi connectivity index (χ0v) is 12.0. The Labute approximate surface area is 123 Å². The zero-order valence-electron chi connectivity index (χ0n) is 12.0. The Kier molecular flexibility index (Phi) is 3.90. The standard InChI is InChI=1S/C17H19NO3/c1-18-10-14(9-16(18)17(19)20)21-11-13-7-4-6-12-5-2-3-8-15(12)13/h2-8,14,16H,9-11H2,1H3,(H,19,20)/t14-,16+/m1/s1. The van der Waals surface area contributed by atoms with Gasteiger partial charge in [0.2, 0.25) is 0 Å². The number of carbonyl (C=O) groups is 1.